The van der Waals surface area contributed by atoms with E-state index in [2.05, 4.69) is 50.9 Å². The summed E-state index contributed by atoms with van der Waals surface area (Å²) in [6.45, 7) is 8.87. The van der Waals surface area contributed by atoms with Gasteiger partial charge in [0.1, 0.15) is 36.1 Å². The Bertz CT molecular complexity index is 2380. The minimum Gasteiger partial charge on any atom is -0.488 e. The predicted octanol–water partition coefficient (Wildman–Crippen LogP) is 5.85. The number of nitrogens with zero attached hydrogens (tertiary/aromatic N) is 4. The number of aromatic nitrogens is 4. The Labute approximate surface area is 366 Å². The molecule has 0 spiro atoms. The highest BCUT2D eigenvalue weighted by Gasteiger charge is 2.44. The first-order chi connectivity index (χ1) is 30.3. The average molecular weight is 867 g/mol. The first-order valence-corrected chi connectivity index (χ1v) is 21.7. The number of fused-ring (bicyclic) bond motifs is 6. The first-order valence-electron chi connectivity index (χ1n) is 21.7. The molecule has 1 unspecified atom stereocenters. The van der Waals surface area contributed by atoms with Gasteiger partial charge in [0.2, 0.25) is 11.8 Å². The molecule has 1 aliphatic carbocycles. The van der Waals surface area contributed by atoms with E-state index in [9.17, 15) is 19.2 Å². The topological polar surface area (TPSA) is 202 Å². The number of carbonyl (C=O) groups excluding carboxylic acids is 4. The molecule has 2 aromatic heterocycles. The number of aryl methyl sites for hydroxylation is 2. The van der Waals surface area contributed by atoms with Crippen LogP contribution in [0.2, 0.25) is 0 Å². The Balaban J connectivity index is 1.03. The standard InChI is InChI=1S/C46H58N8O9/c1-23(2)38(51-45(57)61-7)44(56)54-24(3)9-14-35(54)41-47-19-34(49-41)28-10-12-30-29(16-28)22-63-37-18-31-27(17-32(30)37)11-13-33-40(31)50-42(48-33)36-15-26(21-59-5)20-53(36)43(55)39(25(4)60-6)52-46(58)62-8/h10,12,16-19,23-26,35-36,38-39H,9,11,13-15,20-22H2,1-8H3,(H,47,49)(H,48,50)(H,51,57)(H,52,58)/t24-,25+,26-,35-,36-,38?,39-/m0/s1. The molecule has 63 heavy (non-hydrogen) atoms. The fourth-order valence-electron chi connectivity index (χ4n) is 9.73. The van der Waals surface area contributed by atoms with Gasteiger partial charge in [-0.3, -0.25) is 9.59 Å². The van der Waals surface area contributed by atoms with Gasteiger partial charge in [-0.25, -0.2) is 19.6 Å². The number of H-pyrrole nitrogens is 2. The summed E-state index contributed by atoms with van der Waals surface area (Å²) in [6.07, 6.45) is 3.63. The van der Waals surface area contributed by atoms with Gasteiger partial charge >= 0.3 is 12.2 Å². The van der Waals surface area contributed by atoms with Crippen LogP contribution in [0.25, 0.3) is 33.6 Å². The maximum Gasteiger partial charge on any atom is 0.407 e. The number of alkyl carbamates (subject to hydrolysis) is 2. The van der Waals surface area contributed by atoms with Crippen LogP contribution in [0.15, 0.2) is 36.5 Å². The first kappa shape index (κ1) is 43.7. The second kappa shape index (κ2) is 18.0. The highest BCUT2D eigenvalue weighted by atomic mass is 16.5. The Hall–Kier alpha value is -5.94. The summed E-state index contributed by atoms with van der Waals surface area (Å²) in [5.74, 6) is 1.68. The Kier molecular flexibility index (Phi) is 12.5. The van der Waals surface area contributed by atoms with Crippen LogP contribution >= 0.6 is 0 Å². The number of methoxy groups -OCH3 is 4. The van der Waals surface area contributed by atoms with Crippen molar-refractivity contribution in [2.24, 2.45) is 11.8 Å². The Morgan fingerprint density at radius 1 is 0.857 bits per heavy atom. The highest BCUT2D eigenvalue weighted by molar-refractivity contribution is 5.88. The number of amides is 4. The van der Waals surface area contributed by atoms with Crippen molar-refractivity contribution in [3.63, 3.8) is 0 Å². The molecule has 2 fully saturated rings. The van der Waals surface area contributed by atoms with E-state index < -0.39 is 30.4 Å². The molecule has 2 aromatic carbocycles. The molecule has 3 aliphatic heterocycles. The molecule has 4 amide bonds. The second-order valence-corrected chi connectivity index (χ2v) is 17.5. The van der Waals surface area contributed by atoms with Crippen molar-refractivity contribution in [3.05, 3.63) is 65.0 Å². The molecule has 2 saturated heterocycles. The summed E-state index contributed by atoms with van der Waals surface area (Å²) < 4.78 is 27.1. The Morgan fingerprint density at radius 3 is 2.33 bits per heavy atom. The summed E-state index contributed by atoms with van der Waals surface area (Å²) in [5.41, 5.74) is 8.98. The quantitative estimate of drug-likeness (QED) is 0.133. The minimum absolute atomic E-state index is 0.0196. The Morgan fingerprint density at radius 2 is 1.62 bits per heavy atom. The lowest BCUT2D eigenvalue weighted by atomic mass is 9.86. The zero-order valence-electron chi connectivity index (χ0n) is 37.2. The van der Waals surface area contributed by atoms with Gasteiger partial charge in [-0.15, -0.1) is 0 Å². The zero-order chi connectivity index (χ0) is 44.7. The van der Waals surface area contributed by atoms with E-state index >= 15 is 0 Å². The number of rotatable bonds is 12. The maximum atomic E-state index is 14.2. The summed E-state index contributed by atoms with van der Waals surface area (Å²) in [5, 5.41) is 5.40. The van der Waals surface area contributed by atoms with Gasteiger partial charge in [0.05, 0.1) is 56.6 Å². The molecule has 336 valence electrons. The molecule has 17 heteroatoms. The van der Waals surface area contributed by atoms with Crippen LogP contribution in [0, 0.1) is 11.8 Å². The second-order valence-electron chi connectivity index (χ2n) is 17.5. The van der Waals surface area contributed by atoms with E-state index in [0.717, 1.165) is 81.9 Å². The molecule has 0 radical (unpaired) electrons. The zero-order valence-corrected chi connectivity index (χ0v) is 37.2. The lowest BCUT2D eigenvalue weighted by molar-refractivity contribution is -0.138. The van der Waals surface area contributed by atoms with Crippen molar-refractivity contribution in [1.29, 1.82) is 0 Å². The van der Waals surface area contributed by atoms with Gasteiger partial charge in [0.25, 0.3) is 0 Å². The molecule has 4 aromatic rings. The molecular weight excluding hydrogens is 809 g/mol. The average Bonchev–Trinajstić information content (AvgIpc) is 4.11. The molecule has 4 aliphatic rings. The van der Waals surface area contributed by atoms with Gasteiger partial charge in [0, 0.05) is 49.5 Å². The summed E-state index contributed by atoms with van der Waals surface area (Å²) >= 11 is 0. The van der Waals surface area contributed by atoms with Gasteiger partial charge in [-0.1, -0.05) is 26.0 Å². The normalized spacial score (nSPS) is 21.3. The predicted molar refractivity (Wildman–Crippen MR) is 231 cm³/mol. The maximum absolute atomic E-state index is 14.2. The summed E-state index contributed by atoms with van der Waals surface area (Å²) in [4.78, 5) is 73.1. The number of carbonyl (C=O) groups is 4. The van der Waals surface area contributed by atoms with Crippen LogP contribution in [-0.2, 0) is 48.0 Å². The number of aromatic amines is 2. The lowest BCUT2D eigenvalue weighted by Gasteiger charge is -2.32. The number of imidazole rings is 2. The number of ether oxygens (including phenoxy) is 5. The molecule has 5 heterocycles. The minimum atomic E-state index is -0.956. The summed E-state index contributed by atoms with van der Waals surface area (Å²) in [7, 11) is 5.71. The highest BCUT2D eigenvalue weighted by Crippen LogP contribution is 2.46. The molecule has 17 nitrogen and oxygen atoms in total. The SMILES string of the molecule is COC[C@H]1C[C@@H](c2nc3c([nH]2)CCc2cc4c(cc2-3)OCc2cc(-c3cnc([C@@H]5CC[C@H](C)N5C(=O)C(NC(=O)OC)C(C)C)[nH]3)ccc2-4)N(C(=O)[C@@H](NC(=O)OC)[C@@H](C)OC)C1. The number of hydrogen-bond donors (Lipinski definition) is 4. The number of hydrogen-bond acceptors (Lipinski definition) is 11. The molecule has 0 bridgehead atoms. The monoisotopic (exact) mass is 866 g/mol. The molecule has 8 rings (SSSR count). The lowest BCUT2D eigenvalue weighted by Crippen LogP contribution is -2.54. The van der Waals surface area contributed by atoms with Crippen molar-refractivity contribution in [1.82, 2.24) is 40.4 Å². The van der Waals surface area contributed by atoms with E-state index in [1.807, 2.05) is 31.9 Å². The molecule has 0 saturated carbocycles. The van der Waals surface area contributed by atoms with E-state index in [0.29, 0.717) is 37.8 Å². The van der Waals surface area contributed by atoms with E-state index in [-0.39, 0.29) is 41.8 Å². The van der Waals surface area contributed by atoms with Crippen LogP contribution in [0.1, 0.15) is 87.5 Å². The van der Waals surface area contributed by atoms with E-state index in [1.54, 1.807) is 18.9 Å². The van der Waals surface area contributed by atoms with E-state index in [1.165, 1.54) is 21.3 Å². The van der Waals surface area contributed by atoms with Crippen molar-refractivity contribution in [2.45, 2.75) is 103 Å². The van der Waals surface area contributed by atoms with Crippen LogP contribution < -0.4 is 15.4 Å². The fraction of sp³-hybridized carbons (Fsp3) is 0.522. The van der Waals surface area contributed by atoms with Crippen molar-refractivity contribution in [3.8, 4) is 39.4 Å². The smallest absolute Gasteiger partial charge is 0.407 e. The third kappa shape index (κ3) is 8.35. The third-order valence-corrected chi connectivity index (χ3v) is 13.2. The van der Waals surface area contributed by atoms with Gasteiger partial charge in [-0.2, -0.15) is 0 Å². The van der Waals surface area contributed by atoms with Crippen molar-refractivity contribution < 1.29 is 42.9 Å². The third-order valence-electron chi connectivity index (χ3n) is 13.2. The van der Waals surface area contributed by atoms with Crippen molar-refractivity contribution in [2.75, 3.05) is 41.6 Å². The summed E-state index contributed by atoms with van der Waals surface area (Å²) in [6, 6.07) is 8.34. The van der Waals surface area contributed by atoms with Crippen LogP contribution in [0.4, 0.5) is 9.59 Å². The van der Waals surface area contributed by atoms with Crippen LogP contribution in [0.5, 0.6) is 5.75 Å². The van der Waals surface area contributed by atoms with Gasteiger partial charge in [0.15, 0.2) is 0 Å². The largest absolute Gasteiger partial charge is 0.488 e. The van der Waals surface area contributed by atoms with Gasteiger partial charge in [-0.05, 0) is 92.3 Å². The number of nitrogens with one attached hydrogen (secondary N) is 4. The molecule has 7 atom stereocenters. The van der Waals surface area contributed by atoms with E-state index in [4.69, 9.17) is 33.7 Å². The number of likely N-dealkylation sites (tertiary alicyclic amines) is 2. The fourth-order valence-corrected chi connectivity index (χ4v) is 9.73. The number of benzene rings is 2. The molecule has 4 N–H and O–H groups in total. The van der Waals surface area contributed by atoms with Gasteiger partial charge < -0.3 is 54.1 Å². The van der Waals surface area contributed by atoms with Crippen LogP contribution in [0.3, 0.4) is 0 Å². The van der Waals surface area contributed by atoms with Crippen molar-refractivity contribution >= 4 is 24.0 Å². The molecular formula is C46H58N8O9. The van der Waals surface area contributed by atoms with Crippen LogP contribution in [-0.4, -0.2) is 120 Å².